The summed E-state index contributed by atoms with van der Waals surface area (Å²) in [6, 6.07) is 21.5. The number of ether oxygens (including phenoxy) is 1. The second-order valence-electron chi connectivity index (χ2n) is 6.67. The van der Waals surface area contributed by atoms with Crippen molar-refractivity contribution in [3.63, 3.8) is 0 Å². The summed E-state index contributed by atoms with van der Waals surface area (Å²) in [7, 11) is 0. The first-order chi connectivity index (χ1) is 13.2. The van der Waals surface area contributed by atoms with Crippen LogP contribution < -0.4 is 15.6 Å². The van der Waals surface area contributed by atoms with Crippen LogP contribution in [0.25, 0.3) is 10.8 Å². The van der Waals surface area contributed by atoms with Gasteiger partial charge in [-0.05, 0) is 34.4 Å². The number of carbonyl (C=O) groups excluding carboxylic acids is 2. The van der Waals surface area contributed by atoms with Crippen molar-refractivity contribution in [2.75, 3.05) is 6.61 Å². The molecule has 27 heavy (non-hydrogen) atoms. The highest BCUT2D eigenvalue weighted by Gasteiger charge is 2.26. The summed E-state index contributed by atoms with van der Waals surface area (Å²) in [6.45, 7) is 0.308. The smallest absolute Gasteiger partial charge is 0.245 e. The molecule has 1 aliphatic rings. The SMILES string of the molecule is O=C(Cc1cccc2ccccc12)NNC(=O)C1COc2ccccc2C1. The minimum atomic E-state index is -0.322. The van der Waals surface area contributed by atoms with Crippen molar-refractivity contribution >= 4 is 22.6 Å². The lowest BCUT2D eigenvalue weighted by molar-refractivity contribution is -0.131. The highest BCUT2D eigenvalue weighted by molar-refractivity contribution is 5.91. The topological polar surface area (TPSA) is 67.4 Å². The Morgan fingerprint density at radius 1 is 0.926 bits per heavy atom. The van der Waals surface area contributed by atoms with Gasteiger partial charge in [0.15, 0.2) is 0 Å². The Kier molecular flexibility index (Phi) is 4.75. The highest BCUT2D eigenvalue weighted by Crippen LogP contribution is 2.26. The summed E-state index contributed by atoms with van der Waals surface area (Å²) >= 11 is 0. The number of hydrazine groups is 1. The van der Waals surface area contributed by atoms with Crippen LogP contribution in [0.2, 0.25) is 0 Å². The van der Waals surface area contributed by atoms with Crippen molar-refractivity contribution in [2.45, 2.75) is 12.8 Å². The molecule has 0 fully saturated rings. The van der Waals surface area contributed by atoms with Crippen LogP contribution in [0.3, 0.4) is 0 Å². The number of fused-ring (bicyclic) bond motifs is 2. The van der Waals surface area contributed by atoms with Crippen LogP contribution >= 0.6 is 0 Å². The first-order valence-corrected chi connectivity index (χ1v) is 8.97. The summed E-state index contributed by atoms with van der Waals surface area (Å²) < 4.78 is 5.63. The van der Waals surface area contributed by atoms with Gasteiger partial charge in [-0.3, -0.25) is 20.4 Å². The summed E-state index contributed by atoms with van der Waals surface area (Å²) in [5.74, 6) is 0.00639. The first kappa shape index (κ1) is 17.1. The standard InChI is InChI=1S/C22H20N2O3/c25-21(13-16-9-5-8-15-6-1-3-10-19(15)16)23-24-22(26)18-12-17-7-2-4-11-20(17)27-14-18/h1-11,18H,12-14H2,(H,23,25)(H,24,26). The number of carbonyl (C=O) groups is 2. The van der Waals surface area contributed by atoms with Gasteiger partial charge in [0.2, 0.25) is 11.8 Å². The minimum Gasteiger partial charge on any atom is -0.492 e. The van der Waals surface area contributed by atoms with Gasteiger partial charge in [0, 0.05) is 0 Å². The van der Waals surface area contributed by atoms with E-state index in [1.807, 2.05) is 66.7 Å². The number of rotatable bonds is 3. The molecule has 5 nitrogen and oxygen atoms in total. The van der Waals surface area contributed by atoms with Gasteiger partial charge in [-0.1, -0.05) is 60.7 Å². The summed E-state index contributed by atoms with van der Waals surface area (Å²) in [5.41, 5.74) is 6.99. The molecule has 0 saturated heterocycles. The van der Waals surface area contributed by atoms with Crippen molar-refractivity contribution in [1.82, 2.24) is 10.9 Å². The Labute approximate surface area is 157 Å². The predicted octanol–water partition coefficient (Wildman–Crippen LogP) is 2.78. The molecule has 0 bridgehead atoms. The van der Waals surface area contributed by atoms with Gasteiger partial charge in [-0.2, -0.15) is 0 Å². The van der Waals surface area contributed by atoms with E-state index in [1.165, 1.54) is 0 Å². The molecule has 2 amide bonds. The van der Waals surface area contributed by atoms with E-state index in [4.69, 9.17) is 4.74 Å². The normalized spacial score (nSPS) is 15.5. The van der Waals surface area contributed by atoms with E-state index < -0.39 is 0 Å². The van der Waals surface area contributed by atoms with E-state index >= 15 is 0 Å². The highest BCUT2D eigenvalue weighted by atomic mass is 16.5. The Morgan fingerprint density at radius 2 is 1.70 bits per heavy atom. The molecular weight excluding hydrogens is 340 g/mol. The van der Waals surface area contributed by atoms with E-state index in [2.05, 4.69) is 10.9 Å². The second-order valence-corrected chi connectivity index (χ2v) is 6.67. The van der Waals surface area contributed by atoms with Gasteiger partial charge in [0.1, 0.15) is 12.4 Å². The molecule has 1 heterocycles. The van der Waals surface area contributed by atoms with Gasteiger partial charge < -0.3 is 4.74 Å². The molecule has 136 valence electrons. The van der Waals surface area contributed by atoms with Crippen molar-refractivity contribution in [3.8, 4) is 5.75 Å². The van der Waals surface area contributed by atoms with E-state index in [0.717, 1.165) is 27.6 Å². The molecule has 4 rings (SSSR count). The van der Waals surface area contributed by atoms with Crippen molar-refractivity contribution in [1.29, 1.82) is 0 Å². The number of hydrogen-bond acceptors (Lipinski definition) is 3. The van der Waals surface area contributed by atoms with Gasteiger partial charge in [-0.25, -0.2) is 0 Å². The van der Waals surface area contributed by atoms with Gasteiger partial charge in [-0.15, -0.1) is 0 Å². The number of para-hydroxylation sites is 1. The summed E-state index contributed by atoms with van der Waals surface area (Å²) in [4.78, 5) is 24.7. The fourth-order valence-electron chi connectivity index (χ4n) is 3.39. The van der Waals surface area contributed by atoms with Crippen molar-refractivity contribution in [3.05, 3.63) is 77.9 Å². The first-order valence-electron chi connectivity index (χ1n) is 8.97. The van der Waals surface area contributed by atoms with E-state index in [9.17, 15) is 9.59 Å². The van der Waals surface area contributed by atoms with Crippen LogP contribution in [0.1, 0.15) is 11.1 Å². The molecule has 1 unspecified atom stereocenters. The molecule has 3 aromatic rings. The number of benzene rings is 3. The van der Waals surface area contributed by atoms with Crippen molar-refractivity contribution < 1.29 is 14.3 Å². The lowest BCUT2D eigenvalue weighted by Crippen LogP contribution is -2.47. The fraction of sp³-hybridized carbons (Fsp3) is 0.182. The lowest BCUT2D eigenvalue weighted by Gasteiger charge is -2.24. The molecule has 1 atom stereocenters. The molecule has 2 N–H and O–H groups in total. The largest absolute Gasteiger partial charge is 0.492 e. The van der Waals surface area contributed by atoms with E-state index in [0.29, 0.717) is 13.0 Å². The van der Waals surface area contributed by atoms with Crippen LogP contribution in [0.5, 0.6) is 5.75 Å². The second kappa shape index (κ2) is 7.50. The molecule has 0 aliphatic carbocycles. The number of nitrogens with one attached hydrogen (secondary N) is 2. The van der Waals surface area contributed by atoms with Crippen LogP contribution in [0.4, 0.5) is 0 Å². The van der Waals surface area contributed by atoms with Crippen LogP contribution in [-0.4, -0.2) is 18.4 Å². The fourth-order valence-corrected chi connectivity index (χ4v) is 3.39. The van der Waals surface area contributed by atoms with Gasteiger partial charge in [0.25, 0.3) is 0 Å². The van der Waals surface area contributed by atoms with Crippen LogP contribution in [0, 0.1) is 5.92 Å². The Bertz CT molecular complexity index is 994. The molecule has 0 aromatic heterocycles. The average molecular weight is 360 g/mol. The van der Waals surface area contributed by atoms with Gasteiger partial charge in [0.05, 0.1) is 12.3 Å². The predicted molar refractivity (Wildman–Crippen MR) is 103 cm³/mol. The van der Waals surface area contributed by atoms with E-state index in [1.54, 1.807) is 0 Å². The maximum absolute atomic E-state index is 12.4. The molecule has 3 aromatic carbocycles. The quantitative estimate of drug-likeness (QED) is 0.706. The maximum atomic E-state index is 12.4. The summed E-state index contributed by atoms with van der Waals surface area (Å²) in [5, 5.41) is 2.13. The van der Waals surface area contributed by atoms with Gasteiger partial charge >= 0.3 is 0 Å². The number of amides is 2. The Hall–Kier alpha value is -3.34. The molecule has 0 radical (unpaired) electrons. The zero-order chi connectivity index (χ0) is 18.6. The van der Waals surface area contributed by atoms with Crippen LogP contribution in [0.15, 0.2) is 66.7 Å². The monoisotopic (exact) mass is 360 g/mol. The molecule has 5 heteroatoms. The Morgan fingerprint density at radius 3 is 2.63 bits per heavy atom. The summed E-state index contributed by atoms with van der Waals surface area (Å²) in [6.07, 6.45) is 0.798. The third kappa shape index (κ3) is 3.77. The zero-order valence-electron chi connectivity index (χ0n) is 14.8. The number of hydrogen-bond donors (Lipinski definition) is 2. The molecule has 0 saturated carbocycles. The molecule has 1 aliphatic heterocycles. The van der Waals surface area contributed by atoms with Crippen molar-refractivity contribution in [2.24, 2.45) is 5.92 Å². The zero-order valence-corrected chi connectivity index (χ0v) is 14.8. The molecule has 0 spiro atoms. The third-order valence-corrected chi connectivity index (χ3v) is 4.81. The third-order valence-electron chi connectivity index (χ3n) is 4.81. The lowest BCUT2D eigenvalue weighted by atomic mass is 9.96. The Balaban J connectivity index is 1.35. The minimum absolute atomic E-state index is 0.200. The average Bonchev–Trinajstić information content (AvgIpc) is 2.72. The van der Waals surface area contributed by atoms with Crippen LogP contribution in [-0.2, 0) is 22.4 Å². The molecular formula is C22H20N2O3. The van der Waals surface area contributed by atoms with E-state index in [-0.39, 0.29) is 24.2 Å². The maximum Gasteiger partial charge on any atom is 0.245 e.